The first-order valence-electron chi connectivity index (χ1n) is 6.32. The van der Waals surface area contributed by atoms with Gasteiger partial charge in [0.15, 0.2) is 5.65 Å². The Bertz CT molecular complexity index is 789. The maximum Gasteiger partial charge on any atom is 0.157 e. The second-order valence-electron chi connectivity index (χ2n) is 4.47. The molecular weight excluding hydrogens is 250 g/mol. The molecule has 1 N–H and O–H groups in total. The van der Waals surface area contributed by atoms with E-state index in [1.54, 1.807) is 10.7 Å². The fourth-order valence-corrected chi connectivity index (χ4v) is 2.14. The Kier molecular flexibility index (Phi) is 3.05. The summed E-state index contributed by atoms with van der Waals surface area (Å²) in [5.74, 6) is 0.684. The molecule has 0 saturated carbocycles. The Morgan fingerprint density at radius 3 is 2.85 bits per heavy atom. The summed E-state index contributed by atoms with van der Waals surface area (Å²) in [4.78, 5) is 4.36. The van der Waals surface area contributed by atoms with Gasteiger partial charge in [-0.15, -0.1) is 0 Å². The van der Waals surface area contributed by atoms with Crippen LogP contribution >= 0.6 is 0 Å². The quantitative estimate of drug-likeness (QED) is 0.790. The number of aryl methyl sites for hydroxylation is 1. The highest BCUT2D eigenvalue weighted by atomic mass is 15.3. The van der Waals surface area contributed by atoms with Crippen LogP contribution in [0.1, 0.15) is 18.2 Å². The van der Waals surface area contributed by atoms with E-state index >= 15 is 0 Å². The first-order valence-corrected chi connectivity index (χ1v) is 6.32. The SMILES string of the molecule is Cc1nc2ccnn2c(NCc2ccccc2)c1C#N.[HH]. The minimum atomic E-state index is 0. The van der Waals surface area contributed by atoms with Gasteiger partial charge in [-0.05, 0) is 12.5 Å². The van der Waals surface area contributed by atoms with E-state index < -0.39 is 0 Å². The molecule has 100 valence electrons. The van der Waals surface area contributed by atoms with Crippen LogP contribution < -0.4 is 5.32 Å². The van der Waals surface area contributed by atoms with E-state index in [0.717, 1.165) is 11.2 Å². The van der Waals surface area contributed by atoms with Crippen molar-refractivity contribution in [3.8, 4) is 6.07 Å². The number of benzene rings is 1. The Labute approximate surface area is 118 Å². The number of fused-ring (bicyclic) bond motifs is 1. The predicted molar refractivity (Wildman–Crippen MR) is 78.3 cm³/mol. The smallest absolute Gasteiger partial charge is 0.157 e. The third kappa shape index (κ3) is 2.08. The number of rotatable bonds is 3. The largest absolute Gasteiger partial charge is 0.365 e. The van der Waals surface area contributed by atoms with Crippen LogP contribution in [-0.2, 0) is 6.54 Å². The zero-order chi connectivity index (χ0) is 13.9. The first kappa shape index (κ1) is 12.2. The van der Waals surface area contributed by atoms with Crippen LogP contribution in [-0.4, -0.2) is 14.6 Å². The number of anilines is 1. The molecule has 1 aromatic carbocycles. The Hall–Kier alpha value is -2.87. The van der Waals surface area contributed by atoms with Crippen molar-refractivity contribution in [2.45, 2.75) is 13.5 Å². The van der Waals surface area contributed by atoms with E-state index in [0.29, 0.717) is 23.6 Å². The molecular formula is C15H15N5. The third-order valence-corrected chi connectivity index (χ3v) is 3.13. The lowest BCUT2D eigenvalue weighted by Crippen LogP contribution is -2.09. The van der Waals surface area contributed by atoms with Gasteiger partial charge in [0, 0.05) is 14.0 Å². The average Bonchev–Trinajstić information content (AvgIpc) is 2.93. The molecule has 0 radical (unpaired) electrons. The lowest BCUT2D eigenvalue weighted by atomic mass is 10.2. The summed E-state index contributed by atoms with van der Waals surface area (Å²) in [6, 6.07) is 14.0. The molecule has 0 spiro atoms. The maximum atomic E-state index is 9.32. The van der Waals surface area contributed by atoms with Crippen molar-refractivity contribution in [1.82, 2.24) is 14.6 Å². The van der Waals surface area contributed by atoms with Crippen LogP contribution in [0, 0.1) is 18.3 Å². The molecule has 20 heavy (non-hydrogen) atoms. The molecule has 5 heteroatoms. The second-order valence-corrected chi connectivity index (χ2v) is 4.47. The lowest BCUT2D eigenvalue weighted by molar-refractivity contribution is 0.911. The summed E-state index contributed by atoms with van der Waals surface area (Å²) in [7, 11) is 0. The zero-order valence-corrected chi connectivity index (χ0v) is 11.0. The van der Waals surface area contributed by atoms with Crippen molar-refractivity contribution < 1.29 is 1.43 Å². The third-order valence-electron chi connectivity index (χ3n) is 3.13. The van der Waals surface area contributed by atoms with Crippen LogP contribution in [0.5, 0.6) is 0 Å². The molecule has 3 rings (SSSR count). The van der Waals surface area contributed by atoms with Gasteiger partial charge < -0.3 is 5.32 Å². The molecule has 5 nitrogen and oxygen atoms in total. The minimum absolute atomic E-state index is 0. The number of nitriles is 1. The van der Waals surface area contributed by atoms with Gasteiger partial charge in [-0.2, -0.15) is 14.9 Å². The van der Waals surface area contributed by atoms with Gasteiger partial charge in [0.1, 0.15) is 17.5 Å². The van der Waals surface area contributed by atoms with E-state index in [9.17, 15) is 5.26 Å². The lowest BCUT2D eigenvalue weighted by Gasteiger charge is -2.11. The van der Waals surface area contributed by atoms with Crippen LogP contribution in [0.4, 0.5) is 5.82 Å². The molecule has 0 atom stereocenters. The van der Waals surface area contributed by atoms with Crippen molar-refractivity contribution in [3.05, 3.63) is 59.4 Å². The molecule has 0 aliphatic heterocycles. The van der Waals surface area contributed by atoms with Crippen molar-refractivity contribution in [2.75, 3.05) is 5.32 Å². The minimum Gasteiger partial charge on any atom is -0.365 e. The maximum absolute atomic E-state index is 9.32. The van der Waals surface area contributed by atoms with E-state index in [-0.39, 0.29) is 1.43 Å². The predicted octanol–water partition coefficient (Wildman–Crippen LogP) is 2.77. The molecule has 0 saturated heterocycles. The highest BCUT2D eigenvalue weighted by Gasteiger charge is 2.12. The van der Waals surface area contributed by atoms with Crippen LogP contribution in [0.3, 0.4) is 0 Å². The van der Waals surface area contributed by atoms with Gasteiger partial charge >= 0.3 is 0 Å². The topological polar surface area (TPSA) is 66.0 Å². The van der Waals surface area contributed by atoms with Gasteiger partial charge in [0.2, 0.25) is 0 Å². The Balaban J connectivity index is 0.00000161. The molecule has 2 heterocycles. The molecule has 2 aromatic heterocycles. The number of nitrogens with one attached hydrogen (secondary N) is 1. The number of nitrogens with zero attached hydrogens (tertiary/aromatic N) is 4. The normalized spacial score (nSPS) is 10.4. The summed E-state index contributed by atoms with van der Waals surface area (Å²) in [6.07, 6.45) is 1.68. The van der Waals surface area contributed by atoms with Crippen LogP contribution in [0.2, 0.25) is 0 Å². The second kappa shape index (κ2) is 5.02. The molecule has 0 aliphatic rings. The van der Waals surface area contributed by atoms with Crippen molar-refractivity contribution in [2.24, 2.45) is 0 Å². The summed E-state index contributed by atoms with van der Waals surface area (Å²) in [5.41, 5.74) is 3.11. The van der Waals surface area contributed by atoms with Gasteiger partial charge in [0.25, 0.3) is 0 Å². The van der Waals surface area contributed by atoms with Gasteiger partial charge in [0.05, 0.1) is 11.9 Å². The molecule has 0 amide bonds. The van der Waals surface area contributed by atoms with Gasteiger partial charge in [-0.25, -0.2) is 4.98 Å². The summed E-state index contributed by atoms with van der Waals surface area (Å²) in [5, 5.41) is 16.8. The monoisotopic (exact) mass is 265 g/mol. The van der Waals surface area contributed by atoms with Crippen LogP contribution in [0.15, 0.2) is 42.6 Å². The number of hydrogen-bond acceptors (Lipinski definition) is 4. The summed E-state index contributed by atoms with van der Waals surface area (Å²) in [6.45, 7) is 2.47. The molecule has 0 aliphatic carbocycles. The fraction of sp³-hybridized carbons (Fsp3) is 0.133. The molecule has 0 bridgehead atoms. The molecule has 0 unspecified atom stereocenters. The van der Waals surface area contributed by atoms with Gasteiger partial charge in [-0.3, -0.25) is 0 Å². The zero-order valence-electron chi connectivity index (χ0n) is 11.0. The first-order chi connectivity index (χ1) is 9.79. The Morgan fingerprint density at radius 2 is 2.10 bits per heavy atom. The summed E-state index contributed by atoms with van der Waals surface area (Å²) >= 11 is 0. The number of hydrogen-bond donors (Lipinski definition) is 1. The molecule has 0 fully saturated rings. The Morgan fingerprint density at radius 1 is 1.30 bits per heavy atom. The number of aromatic nitrogens is 3. The van der Waals surface area contributed by atoms with Crippen LogP contribution in [0.25, 0.3) is 5.65 Å². The van der Waals surface area contributed by atoms with Crippen molar-refractivity contribution in [1.29, 1.82) is 5.26 Å². The molecule has 3 aromatic rings. The van der Waals surface area contributed by atoms with Gasteiger partial charge in [-0.1, -0.05) is 30.3 Å². The highest BCUT2D eigenvalue weighted by molar-refractivity contribution is 5.60. The standard InChI is InChI=1S/C15H13N5.H2/c1-11-13(9-16)15(20-14(19-11)7-8-18-20)17-10-12-5-3-2-4-6-12;/h2-8,17H,10H2,1H3;1H. The van der Waals surface area contributed by atoms with Crippen molar-refractivity contribution >= 4 is 11.5 Å². The average molecular weight is 265 g/mol. The van der Waals surface area contributed by atoms with Crippen molar-refractivity contribution in [3.63, 3.8) is 0 Å². The van der Waals surface area contributed by atoms with E-state index in [4.69, 9.17) is 0 Å². The van der Waals surface area contributed by atoms with E-state index in [1.165, 1.54) is 0 Å². The van der Waals surface area contributed by atoms with E-state index in [1.807, 2.05) is 43.3 Å². The highest BCUT2D eigenvalue weighted by Crippen LogP contribution is 2.19. The van der Waals surface area contributed by atoms with E-state index in [2.05, 4.69) is 21.5 Å². The fourth-order valence-electron chi connectivity index (χ4n) is 2.14. The summed E-state index contributed by atoms with van der Waals surface area (Å²) < 4.78 is 1.66.